The lowest BCUT2D eigenvalue weighted by Gasteiger charge is -2.60. The number of allylic oxidation sites excluding steroid dienone is 4. The van der Waals surface area contributed by atoms with E-state index in [0.717, 1.165) is 18.4 Å². The molecule has 3 N–H and O–H groups in total. The van der Waals surface area contributed by atoms with E-state index < -0.39 is 29.5 Å². The van der Waals surface area contributed by atoms with Gasteiger partial charge < -0.3 is 15.3 Å². The molecule has 8 atom stereocenters. The fourth-order valence-electron chi connectivity index (χ4n) is 7.40. The topological polar surface area (TPSA) is 94.8 Å². The van der Waals surface area contributed by atoms with Crippen LogP contribution in [0.4, 0.5) is 0 Å². The molecule has 0 aromatic rings. The van der Waals surface area contributed by atoms with Gasteiger partial charge >= 0.3 is 0 Å². The fraction of sp³-hybridized carbons (Fsp3) is 0.727. The third-order valence-electron chi connectivity index (χ3n) is 8.41. The first-order valence-electron chi connectivity index (χ1n) is 10.1. The van der Waals surface area contributed by atoms with E-state index >= 15 is 0 Å². The molecule has 0 heterocycles. The summed E-state index contributed by atoms with van der Waals surface area (Å²) in [4.78, 5) is 24.4. The minimum absolute atomic E-state index is 0.0198. The maximum absolute atomic E-state index is 12.4. The predicted molar refractivity (Wildman–Crippen MR) is 99.3 cm³/mol. The van der Waals surface area contributed by atoms with Crippen molar-refractivity contribution in [2.45, 2.75) is 58.8 Å². The van der Waals surface area contributed by atoms with Crippen molar-refractivity contribution in [2.24, 2.45) is 40.4 Å². The molecule has 0 bridgehead atoms. The van der Waals surface area contributed by atoms with Gasteiger partial charge in [0.05, 0.1) is 6.10 Å². The molecule has 0 spiro atoms. The third-order valence-corrected chi connectivity index (χ3v) is 8.41. The van der Waals surface area contributed by atoms with Gasteiger partial charge in [0, 0.05) is 17.3 Å². The number of aliphatic hydroxyl groups is 3. The summed E-state index contributed by atoms with van der Waals surface area (Å²) in [6.07, 6.45) is 5.75. The monoisotopic (exact) mass is 374 g/mol. The normalized spacial score (nSPS) is 48.7. The number of Topliss-reactive ketones (excluding diaryl/α,β-unsaturated/α-hetero) is 1. The van der Waals surface area contributed by atoms with Crippen LogP contribution in [0.3, 0.4) is 0 Å². The van der Waals surface area contributed by atoms with Crippen LogP contribution in [0.5, 0.6) is 0 Å². The molecule has 148 valence electrons. The molecule has 27 heavy (non-hydrogen) atoms. The molecule has 5 nitrogen and oxygen atoms in total. The predicted octanol–water partition coefficient (Wildman–Crippen LogP) is 2.01. The van der Waals surface area contributed by atoms with Gasteiger partial charge in [-0.2, -0.15) is 0 Å². The first-order valence-corrected chi connectivity index (χ1v) is 10.1. The van der Waals surface area contributed by atoms with Crippen molar-refractivity contribution in [3.63, 3.8) is 0 Å². The molecule has 0 aromatic carbocycles. The molecule has 3 saturated carbocycles. The quantitative estimate of drug-likeness (QED) is 0.643. The average Bonchev–Trinajstić information content (AvgIpc) is 2.92. The Labute approximate surface area is 160 Å². The number of rotatable bonds is 2. The van der Waals surface area contributed by atoms with Crippen LogP contribution in [0, 0.1) is 40.4 Å². The smallest absolute Gasteiger partial charge is 0.213 e. The molecule has 4 aliphatic rings. The third kappa shape index (κ3) is 2.55. The lowest BCUT2D eigenvalue weighted by Crippen LogP contribution is -2.58. The SMILES string of the molecule is C[C@H]1C[C@@H]2[C@H]([C@@H](O)C[C@]3(C)[C@@H](C(=O)C(O)O)CC[C@@H]23)[C@@]2(C)C=CC(=O)C=C12. The van der Waals surface area contributed by atoms with E-state index in [1.807, 2.05) is 13.0 Å². The Morgan fingerprint density at radius 2 is 1.96 bits per heavy atom. The molecule has 0 unspecified atom stereocenters. The standard InChI is InChI=1S/C22H30O5/c1-11-8-13-14-4-5-15(19(25)20(26)27)22(14,3)10-17(24)18(13)21(2)7-6-12(23)9-16(11)21/h6-7,9,11,13-15,17-18,20,24,26-27H,4-5,8,10H2,1-3H3/t11-,13-,14-,15+,17-,18+,21-,22-/m0/s1. The van der Waals surface area contributed by atoms with E-state index in [-0.39, 0.29) is 34.9 Å². The van der Waals surface area contributed by atoms with Gasteiger partial charge in [-0.15, -0.1) is 0 Å². The van der Waals surface area contributed by atoms with Gasteiger partial charge in [-0.25, -0.2) is 0 Å². The summed E-state index contributed by atoms with van der Waals surface area (Å²) < 4.78 is 0. The highest BCUT2D eigenvalue weighted by atomic mass is 16.5. The van der Waals surface area contributed by atoms with Crippen LogP contribution in [0.25, 0.3) is 0 Å². The molecule has 5 heteroatoms. The van der Waals surface area contributed by atoms with Gasteiger partial charge in [0.1, 0.15) is 0 Å². The number of aliphatic hydroxyl groups excluding tert-OH is 2. The average molecular weight is 374 g/mol. The second-order valence-electron chi connectivity index (χ2n) is 9.73. The molecule has 4 rings (SSSR count). The molecule has 0 aliphatic heterocycles. The van der Waals surface area contributed by atoms with Gasteiger partial charge in [0.15, 0.2) is 11.6 Å². The van der Waals surface area contributed by atoms with Crippen molar-refractivity contribution in [3.05, 3.63) is 23.8 Å². The van der Waals surface area contributed by atoms with Crippen LogP contribution in [0.15, 0.2) is 23.8 Å². The Hall–Kier alpha value is -1.30. The lowest BCUT2D eigenvalue weighted by molar-refractivity contribution is -0.161. The summed E-state index contributed by atoms with van der Waals surface area (Å²) >= 11 is 0. The number of carbonyl (C=O) groups is 2. The van der Waals surface area contributed by atoms with Crippen LogP contribution < -0.4 is 0 Å². The van der Waals surface area contributed by atoms with E-state index in [1.54, 1.807) is 12.2 Å². The summed E-state index contributed by atoms with van der Waals surface area (Å²) in [6.45, 7) is 6.34. The molecule has 0 aromatic heterocycles. The van der Waals surface area contributed by atoms with Gasteiger partial charge in [-0.05, 0) is 61.0 Å². The van der Waals surface area contributed by atoms with Crippen LogP contribution in [-0.4, -0.2) is 39.3 Å². The molecule has 3 fully saturated rings. The first kappa shape index (κ1) is 19.0. The molecule has 0 radical (unpaired) electrons. The molecule has 0 saturated heterocycles. The fourth-order valence-corrected chi connectivity index (χ4v) is 7.40. The summed E-state index contributed by atoms with van der Waals surface area (Å²) in [7, 11) is 0. The van der Waals surface area contributed by atoms with Crippen LogP contribution in [0.2, 0.25) is 0 Å². The Morgan fingerprint density at radius 1 is 1.26 bits per heavy atom. The number of ketones is 2. The number of hydrogen-bond donors (Lipinski definition) is 3. The summed E-state index contributed by atoms with van der Waals surface area (Å²) in [5.74, 6) is -0.113. The second-order valence-corrected chi connectivity index (χ2v) is 9.73. The molecular formula is C22H30O5. The molecule has 4 aliphatic carbocycles. The maximum atomic E-state index is 12.4. The highest BCUT2D eigenvalue weighted by molar-refractivity contribution is 6.01. The number of hydrogen-bond acceptors (Lipinski definition) is 5. The van der Waals surface area contributed by atoms with E-state index in [1.165, 1.54) is 0 Å². The van der Waals surface area contributed by atoms with Crippen molar-refractivity contribution in [1.82, 2.24) is 0 Å². The van der Waals surface area contributed by atoms with E-state index in [9.17, 15) is 24.9 Å². The largest absolute Gasteiger partial charge is 0.393 e. The van der Waals surface area contributed by atoms with Crippen molar-refractivity contribution < 1.29 is 24.9 Å². The number of carbonyl (C=O) groups excluding carboxylic acids is 2. The highest BCUT2D eigenvalue weighted by Gasteiger charge is 2.63. The second kappa shape index (κ2) is 6.10. The van der Waals surface area contributed by atoms with Gasteiger partial charge in [0.25, 0.3) is 0 Å². The van der Waals surface area contributed by atoms with Crippen molar-refractivity contribution >= 4 is 11.6 Å². The van der Waals surface area contributed by atoms with Crippen LogP contribution >= 0.6 is 0 Å². The highest BCUT2D eigenvalue weighted by Crippen LogP contribution is 2.66. The van der Waals surface area contributed by atoms with Crippen molar-refractivity contribution in [3.8, 4) is 0 Å². The van der Waals surface area contributed by atoms with E-state index in [0.29, 0.717) is 12.8 Å². The zero-order valence-electron chi connectivity index (χ0n) is 16.3. The molecular weight excluding hydrogens is 344 g/mol. The lowest BCUT2D eigenvalue weighted by atomic mass is 9.45. The van der Waals surface area contributed by atoms with E-state index in [2.05, 4.69) is 13.8 Å². The van der Waals surface area contributed by atoms with Gasteiger partial charge in [0.2, 0.25) is 6.29 Å². The summed E-state index contributed by atoms with van der Waals surface area (Å²) in [6, 6.07) is 0. The van der Waals surface area contributed by atoms with E-state index in [4.69, 9.17) is 0 Å². The van der Waals surface area contributed by atoms with Crippen molar-refractivity contribution in [2.75, 3.05) is 0 Å². The Kier molecular flexibility index (Phi) is 4.30. The van der Waals surface area contributed by atoms with Gasteiger partial charge in [-0.3, -0.25) is 9.59 Å². The van der Waals surface area contributed by atoms with Gasteiger partial charge in [-0.1, -0.05) is 32.4 Å². The zero-order valence-corrected chi connectivity index (χ0v) is 16.3. The molecule has 0 amide bonds. The number of fused-ring (bicyclic) bond motifs is 5. The van der Waals surface area contributed by atoms with Crippen molar-refractivity contribution in [1.29, 1.82) is 0 Å². The minimum Gasteiger partial charge on any atom is -0.393 e. The maximum Gasteiger partial charge on any atom is 0.213 e. The Balaban J connectivity index is 1.74. The first-order chi connectivity index (χ1) is 12.6. The summed E-state index contributed by atoms with van der Waals surface area (Å²) in [5.41, 5.74) is 0.373. The summed E-state index contributed by atoms with van der Waals surface area (Å²) in [5, 5.41) is 30.1. The van der Waals surface area contributed by atoms with Crippen LogP contribution in [0.1, 0.15) is 46.5 Å². The van der Waals surface area contributed by atoms with Crippen LogP contribution in [-0.2, 0) is 9.59 Å². The zero-order chi connectivity index (χ0) is 19.7. The Morgan fingerprint density at radius 3 is 2.63 bits per heavy atom. The minimum atomic E-state index is -1.94. The Bertz CT molecular complexity index is 737.